The normalized spacial score (nSPS) is 20.3. The summed E-state index contributed by atoms with van der Waals surface area (Å²) in [6, 6.07) is 2.82. The lowest BCUT2D eigenvalue weighted by atomic mass is 9.94. The van der Waals surface area contributed by atoms with Gasteiger partial charge in [-0.25, -0.2) is 4.39 Å². The molecule has 0 amide bonds. The summed E-state index contributed by atoms with van der Waals surface area (Å²) in [6.07, 6.45) is 0.961. The van der Waals surface area contributed by atoms with Gasteiger partial charge in [0.2, 0.25) is 0 Å². The molecule has 5 heteroatoms. The van der Waals surface area contributed by atoms with Gasteiger partial charge in [0.25, 0.3) is 0 Å². The van der Waals surface area contributed by atoms with Crippen molar-refractivity contribution in [2.75, 3.05) is 6.79 Å². The number of ether oxygens (including phenoxy) is 2. The maximum atomic E-state index is 13.9. The van der Waals surface area contributed by atoms with Crippen LogP contribution in [0.1, 0.15) is 24.0 Å². The molecule has 0 aromatic heterocycles. The lowest BCUT2D eigenvalue weighted by Gasteiger charge is -2.20. The molecule has 17 heavy (non-hydrogen) atoms. The van der Waals surface area contributed by atoms with Gasteiger partial charge in [0, 0.05) is 11.1 Å². The zero-order valence-corrected chi connectivity index (χ0v) is 9.03. The molecule has 2 aliphatic rings. The Morgan fingerprint density at radius 2 is 2.18 bits per heavy atom. The van der Waals surface area contributed by atoms with Crippen molar-refractivity contribution in [3.05, 3.63) is 29.1 Å². The first-order valence-corrected chi connectivity index (χ1v) is 5.40. The van der Waals surface area contributed by atoms with Crippen molar-refractivity contribution >= 4 is 5.97 Å². The van der Waals surface area contributed by atoms with Crippen LogP contribution < -0.4 is 4.74 Å². The number of hydrogen-bond acceptors (Lipinski definition) is 3. The van der Waals surface area contributed by atoms with Crippen LogP contribution in [0.2, 0.25) is 0 Å². The Hall–Kier alpha value is -1.62. The minimum atomic E-state index is -1.04. The molecule has 1 aliphatic carbocycles. The number of aliphatic carboxylic acids is 1. The molecule has 0 saturated heterocycles. The highest BCUT2D eigenvalue weighted by Crippen LogP contribution is 2.50. The molecule has 1 aromatic rings. The monoisotopic (exact) mass is 238 g/mol. The average Bonchev–Trinajstić information content (AvgIpc) is 3.09. The summed E-state index contributed by atoms with van der Waals surface area (Å²) in [6.45, 7) is 0.421. The third-order valence-electron chi connectivity index (χ3n) is 3.38. The maximum absolute atomic E-state index is 13.9. The van der Waals surface area contributed by atoms with Gasteiger partial charge in [-0.3, -0.25) is 4.79 Å². The molecule has 90 valence electrons. The maximum Gasteiger partial charge on any atom is 0.314 e. The van der Waals surface area contributed by atoms with Gasteiger partial charge in [0.05, 0.1) is 12.0 Å². The van der Waals surface area contributed by atoms with Crippen LogP contribution in [0.25, 0.3) is 0 Å². The molecule has 1 N–H and O–H groups in total. The van der Waals surface area contributed by atoms with Crippen LogP contribution in [-0.2, 0) is 21.6 Å². The van der Waals surface area contributed by atoms with Crippen LogP contribution in [0.3, 0.4) is 0 Å². The van der Waals surface area contributed by atoms with E-state index < -0.39 is 17.2 Å². The minimum absolute atomic E-state index is 0.123. The van der Waals surface area contributed by atoms with Crippen molar-refractivity contribution in [2.45, 2.75) is 24.9 Å². The fourth-order valence-electron chi connectivity index (χ4n) is 2.19. The summed E-state index contributed by atoms with van der Waals surface area (Å²) in [5.41, 5.74) is -0.190. The first-order chi connectivity index (χ1) is 8.13. The van der Waals surface area contributed by atoms with Gasteiger partial charge in [-0.05, 0) is 25.0 Å². The first-order valence-electron chi connectivity index (χ1n) is 5.40. The Labute approximate surface area is 97.0 Å². The number of carboxylic acid groups (broad SMARTS) is 1. The summed E-state index contributed by atoms with van der Waals surface area (Å²) in [5, 5.41) is 9.15. The van der Waals surface area contributed by atoms with E-state index in [9.17, 15) is 9.18 Å². The van der Waals surface area contributed by atoms with E-state index in [-0.39, 0.29) is 12.4 Å². The van der Waals surface area contributed by atoms with E-state index in [1.807, 2.05) is 0 Å². The van der Waals surface area contributed by atoms with E-state index in [2.05, 4.69) is 0 Å². The molecule has 1 heterocycles. The highest BCUT2D eigenvalue weighted by atomic mass is 19.1. The Morgan fingerprint density at radius 3 is 2.82 bits per heavy atom. The van der Waals surface area contributed by atoms with Crippen molar-refractivity contribution < 1.29 is 23.8 Å². The van der Waals surface area contributed by atoms with Gasteiger partial charge in [-0.1, -0.05) is 0 Å². The molecule has 1 saturated carbocycles. The number of halogens is 1. The molecule has 1 aliphatic heterocycles. The van der Waals surface area contributed by atoms with Crippen LogP contribution in [-0.4, -0.2) is 17.9 Å². The topological polar surface area (TPSA) is 55.8 Å². The first kappa shape index (κ1) is 10.5. The third-order valence-corrected chi connectivity index (χ3v) is 3.38. The van der Waals surface area contributed by atoms with Gasteiger partial charge in [-0.2, -0.15) is 0 Å². The van der Waals surface area contributed by atoms with Crippen molar-refractivity contribution in [1.82, 2.24) is 0 Å². The Bertz CT molecular complexity index is 494. The lowest BCUT2D eigenvalue weighted by Crippen LogP contribution is -2.22. The van der Waals surface area contributed by atoms with E-state index in [0.29, 0.717) is 30.8 Å². The van der Waals surface area contributed by atoms with E-state index in [4.69, 9.17) is 14.6 Å². The quantitative estimate of drug-likeness (QED) is 0.853. The summed E-state index contributed by atoms with van der Waals surface area (Å²) < 4.78 is 24.2. The minimum Gasteiger partial charge on any atom is -0.481 e. The smallest absolute Gasteiger partial charge is 0.314 e. The summed E-state index contributed by atoms with van der Waals surface area (Å²) in [4.78, 5) is 11.2. The molecular weight excluding hydrogens is 227 g/mol. The number of carboxylic acids is 1. The van der Waals surface area contributed by atoms with Gasteiger partial charge >= 0.3 is 5.97 Å². The SMILES string of the molecule is O=C(O)C1(c2cc3c(cc2F)COCO3)CC1. The van der Waals surface area contributed by atoms with Crippen LogP contribution in [0.5, 0.6) is 5.75 Å². The van der Waals surface area contributed by atoms with Gasteiger partial charge in [0.15, 0.2) is 6.79 Å². The number of fused-ring (bicyclic) bond motifs is 1. The predicted molar refractivity (Wildman–Crippen MR) is 55.2 cm³/mol. The highest BCUT2D eigenvalue weighted by Gasteiger charge is 2.53. The predicted octanol–water partition coefficient (Wildman–Crippen LogP) is 1.81. The Kier molecular flexibility index (Phi) is 2.13. The molecule has 1 aromatic carbocycles. The zero-order valence-electron chi connectivity index (χ0n) is 9.03. The molecule has 0 unspecified atom stereocenters. The molecule has 1 fully saturated rings. The lowest BCUT2D eigenvalue weighted by molar-refractivity contribution is -0.140. The largest absolute Gasteiger partial charge is 0.481 e. The summed E-state index contributed by atoms with van der Waals surface area (Å²) >= 11 is 0. The zero-order chi connectivity index (χ0) is 12.0. The van der Waals surface area contributed by atoms with Crippen LogP contribution in [0.15, 0.2) is 12.1 Å². The Morgan fingerprint density at radius 1 is 1.41 bits per heavy atom. The number of benzene rings is 1. The third kappa shape index (κ3) is 1.50. The van der Waals surface area contributed by atoms with E-state index in [1.165, 1.54) is 12.1 Å². The van der Waals surface area contributed by atoms with Crippen molar-refractivity contribution in [1.29, 1.82) is 0 Å². The van der Waals surface area contributed by atoms with E-state index in [1.54, 1.807) is 0 Å². The molecule has 3 rings (SSSR count). The van der Waals surface area contributed by atoms with Crippen molar-refractivity contribution in [3.8, 4) is 5.75 Å². The van der Waals surface area contributed by atoms with Crippen LogP contribution in [0, 0.1) is 5.82 Å². The fraction of sp³-hybridized carbons (Fsp3) is 0.417. The van der Waals surface area contributed by atoms with E-state index >= 15 is 0 Å². The van der Waals surface area contributed by atoms with Crippen molar-refractivity contribution in [2.24, 2.45) is 0 Å². The number of rotatable bonds is 2. The summed E-state index contributed by atoms with van der Waals surface area (Å²) in [5.74, 6) is -0.929. The molecule has 0 atom stereocenters. The van der Waals surface area contributed by atoms with Gasteiger partial charge in [0.1, 0.15) is 11.6 Å². The van der Waals surface area contributed by atoms with Crippen LogP contribution in [0.4, 0.5) is 4.39 Å². The highest BCUT2D eigenvalue weighted by molar-refractivity contribution is 5.85. The number of hydrogen-bond donors (Lipinski definition) is 1. The second kappa shape index (κ2) is 3.43. The van der Waals surface area contributed by atoms with E-state index in [0.717, 1.165) is 0 Å². The molecule has 0 spiro atoms. The second-order valence-electron chi connectivity index (χ2n) is 4.44. The van der Waals surface area contributed by atoms with Crippen LogP contribution >= 0.6 is 0 Å². The molecule has 0 bridgehead atoms. The molecule has 4 nitrogen and oxygen atoms in total. The molecule has 0 radical (unpaired) electrons. The Balaban J connectivity index is 2.09. The van der Waals surface area contributed by atoms with Gasteiger partial charge < -0.3 is 14.6 Å². The van der Waals surface area contributed by atoms with Gasteiger partial charge in [-0.15, -0.1) is 0 Å². The standard InChI is InChI=1S/C12H11FO4/c13-9-3-7-5-16-6-17-10(7)4-8(9)12(1-2-12)11(14)15/h3-4H,1-2,5-6H2,(H,14,15). The summed E-state index contributed by atoms with van der Waals surface area (Å²) in [7, 11) is 0. The second-order valence-corrected chi connectivity index (χ2v) is 4.44. The van der Waals surface area contributed by atoms with Crippen molar-refractivity contribution in [3.63, 3.8) is 0 Å². The molecular formula is C12H11FO4. The average molecular weight is 238 g/mol. The number of carbonyl (C=O) groups is 1. The fourth-order valence-corrected chi connectivity index (χ4v) is 2.19.